The Balaban J connectivity index is 2.57. The van der Waals surface area contributed by atoms with E-state index in [1.54, 1.807) is 12.1 Å². The second-order valence-electron chi connectivity index (χ2n) is 2.92. The fourth-order valence-corrected chi connectivity index (χ4v) is 1.16. The highest BCUT2D eigenvalue weighted by Gasteiger charge is 2.07. The fraction of sp³-hybridized carbons (Fsp3) is 0.111. The summed E-state index contributed by atoms with van der Waals surface area (Å²) >= 11 is 0. The zero-order valence-electron chi connectivity index (χ0n) is 7.57. The average Bonchev–Trinajstić information content (AvgIpc) is 2.51. The number of hydrogen-bond donors (Lipinski definition) is 2. The first-order valence-corrected chi connectivity index (χ1v) is 4.08. The molecule has 0 bridgehead atoms. The van der Waals surface area contributed by atoms with Crippen LogP contribution in [0.25, 0.3) is 11.3 Å². The Hall–Kier alpha value is -2.04. The molecule has 0 aliphatic rings. The molecule has 0 fully saturated rings. The highest BCUT2D eigenvalue weighted by molar-refractivity contribution is 5.55. The van der Waals surface area contributed by atoms with Gasteiger partial charge in [0.1, 0.15) is 17.1 Å². The summed E-state index contributed by atoms with van der Waals surface area (Å²) < 4.78 is 5.29. The lowest BCUT2D eigenvalue weighted by Gasteiger charge is -1.95. The van der Waals surface area contributed by atoms with E-state index in [1.165, 1.54) is 6.20 Å². The predicted octanol–water partition coefficient (Wildman–Crippen LogP) is 0.921. The minimum absolute atomic E-state index is 0.0991. The molecular formula is C9H9N3O2. The molecule has 3 N–H and O–H groups in total. The summed E-state index contributed by atoms with van der Waals surface area (Å²) in [6.07, 6.45) is 1.40. The molecule has 0 amide bonds. The maximum atomic E-state index is 11.4. The molecule has 2 heterocycles. The van der Waals surface area contributed by atoms with Gasteiger partial charge in [-0.3, -0.25) is 9.78 Å². The van der Waals surface area contributed by atoms with Crippen molar-refractivity contribution >= 4 is 5.95 Å². The maximum Gasteiger partial charge on any atom is 0.263 e. The third-order valence-electron chi connectivity index (χ3n) is 1.82. The van der Waals surface area contributed by atoms with Gasteiger partial charge in [-0.1, -0.05) is 0 Å². The lowest BCUT2D eigenvalue weighted by Crippen LogP contribution is -2.12. The topological polar surface area (TPSA) is 84.9 Å². The van der Waals surface area contributed by atoms with Crippen molar-refractivity contribution in [3.63, 3.8) is 0 Å². The van der Waals surface area contributed by atoms with E-state index < -0.39 is 0 Å². The number of H-pyrrole nitrogens is 1. The van der Waals surface area contributed by atoms with Crippen LogP contribution in [0.3, 0.4) is 0 Å². The molecule has 0 aromatic carbocycles. The molecular weight excluding hydrogens is 182 g/mol. The zero-order chi connectivity index (χ0) is 10.1. The first-order valence-electron chi connectivity index (χ1n) is 4.08. The largest absolute Gasteiger partial charge is 0.461 e. The monoisotopic (exact) mass is 191 g/mol. The van der Waals surface area contributed by atoms with Crippen molar-refractivity contribution < 1.29 is 4.42 Å². The molecule has 2 rings (SSSR count). The second-order valence-corrected chi connectivity index (χ2v) is 2.92. The molecule has 0 saturated heterocycles. The van der Waals surface area contributed by atoms with Crippen LogP contribution in [0.1, 0.15) is 5.76 Å². The van der Waals surface area contributed by atoms with E-state index in [4.69, 9.17) is 10.2 Å². The van der Waals surface area contributed by atoms with Crippen molar-refractivity contribution in [3.8, 4) is 11.3 Å². The molecule has 5 nitrogen and oxygen atoms in total. The van der Waals surface area contributed by atoms with Crippen LogP contribution in [0.2, 0.25) is 0 Å². The molecule has 2 aromatic rings. The third kappa shape index (κ3) is 1.39. The number of nitrogens with two attached hydrogens (primary N) is 1. The Labute approximate surface area is 79.6 Å². The first-order chi connectivity index (χ1) is 6.66. The number of rotatable bonds is 1. The van der Waals surface area contributed by atoms with Gasteiger partial charge in [0.25, 0.3) is 5.56 Å². The van der Waals surface area contributed by atoms with Crippen molar-refractivity contribution in [2.45, 2.75) is 6.92 Å². The number of aryl methyl sites for hydroxylation is 1. The summed E-state index contributed by atoms with van der Waals surface area (Å²) in [7, 11) is 0. The number of hydrogen-bond acceptors (Lipinski definition) is 4. The minimum atomic E-state index is -0.299. The predicted molar refractivity (Wildman–Crippen MR) is 51.7 cm³/mol. The Morgan fingerprint density at radius 1 is 1.50 bits per heavy atom. The van der Waals surface area contributed by atoms with Crippen LogP contribution in [-0.4, -0.2) is 9.97 Å². The molecule has 0 spiro atoms. The van der Waals surface area contributed by atoms with Gasteiger partial charge in [0, 0.05) is 6.20 Å². The van der Waals surface area contributed by atoms with Crippen LogP contribution in [0.5, 0.6) is 0 Å². The van der Waals surface area contributed by atoms with Gasteiger partial charge in [0.05, 0.1) is 0 Å². The van der Waals surface area contributed by atoms with Gasteiger partial charge in [0.15, 0.2) is 5.95 Å². The smallest absolute Gasteiger partial charge is 0.263 e. The van der Waals surface area contributed by atoms with E-state index >= 15 is 0 Å². The van der Waals surface area contributed by atoms with Crippen LogP contribution >= 0.6 is 0 Å². The summed E-state index contributed by atoms with van der Waals surface area (Å²) in [4.78, 5) is 17.6. The van der Waals surface area contributed by atoms with Crippen molar-refractivity contribution in [2.24, 2.45) is 0 Å². The van der Waals surface area contributed by atoms with Crippen LogP contribution in [0, 0.1) is 6.92 Å². The summed E-state index contributed by atoms with van der Waals surface area (Å²) in [5.41, 5.74) is 5.40. The van der Waals surface area contributed by atoms with Crippen LogP contribution in [0.15, 0.2) is 27.5 Å². The van der Waals surface area contributed by atoms with Gasteiger partial charge in [-0.25, -0.2) is 4.98 Å². The van der Waals surface area contributed by atoms with E-state index in [2.05, 4.69) is 9.97 Å². The van der Waals surface area contributed by atoms with Crippen LogP contribution in [0.4, 0.5) is 5.95 Å². The van der Waals surface area contributed by atoms with E-state index in [0.29, 0.717) is 11.3 Å². The molecule has 0 aliphatic heterocycles. The Kier molecular flexibility index (Phi) is 1.85. The van der Waals surface area contributed by atoms with E-state index in [9.17, 15) is 4.79 Å². The number of nitrogens with one attached hydrogen (secondary N) is 1. The molecule has 2 aromatic heterocycles. The van der Waals surface area contributed by atoms with Gasteiger partial charge in [-0.15, -0.1) is 0 Å². The van der Waals surface area contributed by atoms with Crippen molar-refractivity contribution in [3.05, 3.63) is 34.4 Å². The molecule has 0 aliphatic carbocycles. The Morgan fingerprint density at radius 3 is 2.86 bits per heavy atom. The lowest BCUT2D eigenvalue weighted by molar-refractivity contribution is 0.547. The van der Waals surface area contributed by atoms with Crippen molar-refractivity contribution in [1.82, 2.24) is 9.97 Å². The molecule has 0 radical (unpaired) electrons. The lowest BCUT2D eigenvalue weighted by atomic mass is 10.2. The van der Waals surface area contributed by atoms with Gasteiger partial charge in [-0.2, -0.15) is 0 Å². The number of nitrogen functional groups attached to an aromatic ring is 1. The Bertz CT molecular complexity index is 513. The van der Waals surface area contributed by atoms with Gasteiger partial charge < -0.3 is 10.2 Å². The SMILES string of the molecule is Cc1ccc(-c2cnc(N)[nH]c2=O)o1. The van der Waals surface area contributed by atoms with Crippen molar-refractivity contribution in [1.29, 1.82) is 0 Å². The molecule has 14 heavy (non-hydrogen) atoms. The third-order valence-corrected chi connectivity index (χ3v) is 1.82. The van der Waals surface area contributed by atoms with Crippen LogP contribution in [-0.2, 0) is 0 Å². The number of aromatic nitrogens is 2. The highest BCUT2D eigenvalue weighted by atomic mass is 16.3. The van der Waals surface area contributed by atoms with Gasteiger partial charge in [0.2, 0.25) is 0 Å². The Morgan fingerprint density at radius 2 is 2.29 bits per heavy atom. The molecule has 0 atom stereocenters. The number of anilines is 1. The van der Waals surface area contributed by atoms with E-state index in [0.717, 1.165) is 5.76 Å². The molecule has 0 saturated carbocycles. The number of furan rings is 1. The summed E-state index contributed by atoms with van der Waals surface area (Å²) in [6, 6.07) is 3.50. The average molecular weight is 191 g/mol. The highest BCUT2D eigenvalue weighted by Crippen LogP contribution is 2.17. The summed E-state index contributed by atoms with van der Waals surface area (Å²) in [6.45, 7) is 1.81. The van der Waals surface area contributed by atoms with Gasteiger partial charge in [-0.05, 0) is 19.1 Å². The minimum Gasteiger partial charge on any atom is -0.461 e. The van der Waals surface area contributed by atoms with E-state index in [-0.39, 0.29) is 11.5 Å². The van der Waals surface area contributed by atoms with Crippen molar-refractivity contribution in [2.75, 3.05) is 5.73 Å². The first kappa shape index (κ1) is 8.55. The quantitative estimate of drug-likeness (QED) is 0.701. The molecule has 0 unspecified atom stereocenters. The molecule has 72 valence electrons. The fourth-order valence-electron chi connectivity index (χ4n) is 1.16. The zero-order valence-corrected chi connectivity index (χ0v) is 7.57. The standard InChI is InChI=1S/C9H9N3O2/c1-5-2-3-7(14-5)6-4-11-9(10)12-8(6)13/h2-4H,1H3,(H3,10,11,12,13). The van der Waals surface area contributed by atoms with E-state index in [1.807, 2.05) is 6.92 Å². The second kappa shape index (κ2) is 3.02. The number of aromatic amines is 1. The molecule has 5 heteroatoms. The summed E-state index contributed by atoms with van der Waals surface area (Å²) in [5.74, 6) is 1.34. The normalized spacial score (nSPS) is 10.4. The van der Waals surface area contributed by atoms with Crippen LogP contribution < -0.4 is 11.3 Å². The summed E-state index contributed by atoms with van der Waals surface area (Å²) in [5, 5.41) is 0. The maximum absolute atomic E-state index is 11.4. The number of nitrogens with zero attached hydrogens (tertiary/aromatic N) is 1. The van der Waals surface area contributed by atoms with Gasteiger partial charge >= 0.3 is 0 Å².